The normalized spacial score (nSPS) is 14.9. The van der Waals surface area contributed by atoms with Crippen molar-refractivity contribution in [3.8, 4) is 0 Å². The third-order valence-electron chi connectivity index (χ3n) is 5.17. The van der Waals surface area contributed by atoms with Gasteiger partial charge in [-0.15, -0.1) is 0 Å². The molecule has 0 aliphatic carbocycles. The predicted octanol–water partition coefficient (Wildman–Crippen LogP) is 2.28. The van der Waals surface area contributed by atoms with Crippen LogP contribution in [0.3, 0.4) is 0 Å². The number of rotatable bonds is 8. The van der Waals surface area contributed by atoms with E-state index < -0.39 is 21.7 Å². The summed E-state index contributed by atoms with van der Waals surface area (Å²) in [5.41, 5.74) is 1.98. The molecular formula is C22H28FN3O4S. The summed E-state index contributed by atoms with van der Waals surface area (Å²) in [7, 11) is 0.152. The van der Waals surface area contributed by atoms with Crippen molar-refractivity contribution in [1.29, 1.82) is 0 Å². The van der Waals surface area contributed by atoms with Crippen LogP contribution < -0.4 is 10.2 Å². The smallest absolute Gasteiger partial charge is 0.254 e. The first-order valence-electron chi connectivity index (χ1n) is 10.2. The zero-order valence-electron chi connectivity index (χ0n) is 17.8. The standard InChI is InChI=1S/C22H28FN3O4S/c1-25(2)18-7-5-17(6-8-18)4-3-11-24-22(27)20-16-19(9-10-21(20)23)31(28,29)26-12-14-30-15-13-26/h5-10,16H,3-4,11-15H2,1-2H3,(H,24,27). The van der Waals surface area contributed by atoms with Crippen molar-refractivity contribution >= 4 is 21.6 Å². The van der Waals surface area contributed by atoms with Crippen LogP contribution in [0.1, 0.15) is 22.3 Å². The molecule has 2 aromatic rings. The number of carbonyl (C=O) groups excluding carboxylic acids is 1. The Balaban J connectivity index is 1.59. The predicted molar refractivity (Wildman–Crippen MR) is 117 cm³/mol. The van der Waals surface area contributed by atoms with Crippen molar-refractivity contribution in [2.24, 2.45) is 0 Å². The Morgan fingerprint density at radius 2 is 1.81 bits per heavy atom. The number of morpholine rings is 1. The fraction of sp³-hybridized carbons (Fsp3) is 0.409. The van der Waals surface area contributed by atoms with Crippen molar-refractivity contribution in [3.63, 3.8) is 0 Å². The molecule has 0 radical (unpaired) electrons. The van der Waals surface area contributed by atoms with Gasteiger partial charge >= 0.3 is 0 Å². The van der Waals surface area contributed by atoms with Gasteiger partial charge in [-0.2, -0.15) is 4.31 Å². The van der Waals surface area contributed by atoms with Crippen LogP contribution in [0.2, 0.25) is 0 Å². The lowest BCUT2D eigenvalue weighted by atomic mass is 10.1. The van der Waals surface area contributed by atoms with Gasteiger partial charge in [-0.25, -0.2) is 12.8 Å². The van der Waals surface area contributed by atoms with Crippen LogP contribution in [-0.2, 0) is 21.2 Å². The van der Waals surface area contributed by atoms with Crippen LogP contribution in [0.15, 0.2) is 47.4 Å². The number of aryl methyl sites for hydroxylation is 1. The quantitative estimate of drug-likeness (QED) is 0.626. The van der Waals surface area contributed by atoms with Crippen molar-refractivity contribution in [2.45, 2.75) is 17.7 Å². The highest BCUT2D eigenvalue weighted by atomic mass is 32.2. The van der Waals surface area contributed by atoms with Gasteiger partial charge in [0.05, 0.1) is 23.7 Å². The number of hydrogen-bond donors (Lipinski definition) is 1. The maximum absolute atomic E-state index is 14.2. The molecular weight excluding hydrogens is 421 g/mol. The summed E-state index contributed by atoms with van der Waals surface area (Å²) in [6.07, 6.45) is 1.45. The summed E-state index contributed by atoms with van der Waals surface area (Å²) < 4.78 is 46.2. The zero-order chi connectivity index (χ0) is 22.4. The number of amides is 1. The van der Waals surface area contributed by atoms with Crippen molar-refractivity contribution in [2.75, 3.05) is 51.8 Å². The third-order valence-corrected chi connectivity index (χ3v) is 7.07. The third kappa shape index (κ3) is 5.81. The molecule has 31 heavy (non-hydrogen) atoms. The van der Waals surface area contributed by atoms with E-state index in [4.69, 9.17) is 4.74 Å². The molecule has 0 unspecified atom stereocenters. The minimum absolute atomic E-state index is 0.0954. The number of benzene rings is 2. The molecule has 7 nitrogen and oxygen atoms in total. The first kappa shape index (κ1) is 23.2. The highest BCUT2D eigenvalue weighted by Gasteiger charge is 2.27. The number of halogens is 1. The van der Waals surface area contributed by atoms with E-state index in [2.05, 4.69) is 5.32 Å². The van der Waals surface area contributed by atoms with Crippen LogP contribution in [0.5, 0.6) is 0 Å². The number of sulfonamides is 1. The average molecular weight is 450 g/mol. The van der Waals surface area contributed by atoms with Crippen LogP contribution in [0.4, 0.5) is 10.1 Å². The molecule has 1 aliphatic rings. The lowest BCUT2D eigenvalue weighted by molar-refractivity contribution is 0.0730. The molecule has 3 rings (SSSR count). The minimum Gasteiger partial charge on any atom is -0.379 e. The molecule has 168 valence electrons. The van der Waals surface area contributed by atoms with E-state index >= 15 is 0 Å². The van der Waals surface area contributed by atoms with Gasteiger partial charge in [0, 0.05) is 39.4 Å². The SMILES string of the molecule is CN(C)c1ccc(CCCNC(=O)c2cc(S(=O)(=O)N3CCOCC3)ccc2F)cc1. The number of anilines is 1. The van der Waals surface area contributed by atoms with Crippen LogP contribution in [-0.4, -0.2) is 65.6 Å². The maximum Gasteiger partial charge on any atom is 0.254 e. The second-order valence-corrected chi connectivity index (χ2v) is 9.52. The Labute approximate surface area is 182 Å². The largest absolute Gasteiger partial charge is 0.379 e. The molecule has 9 heteroatoms. The number of nitrogens with zero attached hydrogens (tertiary/aromatic N) is 2. The van der Waals surface area contributed by atoms with Gasteiger partial charge in [-0.1, -0.05) is 12.1 Å². The Morgan fingerprint density at radius 1 is 1.13 bits per heavy atom. The van der Waals surface area contributed by atoms with Crippen LogP contribution >= 0.6 is 0 Å². The van der Waals surface area contributed by atoms with E-state index in [1.807, 2.05) is 43.3 Å². The Hall–Kier alpha value is -2.49. The van der Waals surface area contributed by atoms with Crippen molar-refractivity contribution < 1.29 is 22.3 Å². The van der Waals surface area contributed by atoms with E-state index in [0.717, 1.165) is 29.8 Å². The van der Waals surface area contributed by atoms with Gasteiger partial charge in [-0.05, 0) is 48.7 Å². The van der Waals surface area contributed by atoms with Gasteiger partial charge in [0.25, 0.3) is 5.91 Å². The number of hydrogen-bond acceptors (Lipinski definition) is 5. The fourth-order valence-corrected chi connectivity index (χ4v) is 4.76. The minimum atomic E-state index is -3.80. The summed E-state index contributed by atoms with van der Waals surface area (Å²) in [6, 6.07) is 11.5. The highest BCUT2D eigenvalue weighted by Crippen LogP contribution is 2.20. The van der Waals surface area contributed by atoms with Gasteiger partial charge in [0.15, 0.2) is 0 Å². The molecule has 0 aromatic heterocycles. The second-order valence-electron chi connectivity index (χ2n) is 7.58. The maximum atomic E-state index is 14.2. The zero-order valence-corrected chi connectivity index (χ0v) is 18.6. The van der Waals surface area contributed by atoms with E-state index in [1.165, 1.54) is 10.4 Å². The van der Waals surface area contributed by atoms with Gasteiger partial charge in [0.1, 0.15) is 5.82 Å². The molecule has 1 fully saturated rings. The molecule has 1 saturated heterocycles. The van der Waals surface area contributed by atoms with E-state index in [9.17, 15) is 17.6 Å². The molecule has 1 aliphatic heterocycles. The van der Waals surface area contributed by atoms with E-state index in [0.29, 0.717) is 26.2 Å². The topological polar surface area (TPSA) is 79.0 Å². The molecule has 0 atom stereocenters. The molecule has 0 bridgehead atoms. The number of nitrogens with one attached hydrogen (secondary N) is 1. The molecule has 1 amide bonds. The summed E-state index contributed by atoms with van der Waals surface area (Å²) >= 11 is 0. The summed E-state index contributed by atoms with van der Waals surface area (Å²) in [5, 5.41) is 2.68. The monoisotopic (exact) mass is 449 g/mol. The van der Waals surface area contributed by atoms with E-state index in [1.54, 1.807) is 0 Å². The first-order valence-corrected chi connectivity index (χ1v) is 11.6. The fourth-order valence-electron chi connectivity index (χ4n) is 3.33. The lowest BCUT2D eigenvalue weighted by Gasteiger charge is -2.26. The molecule has 2 aromatic carbocycles. The molecule has 1 heterocycles. The molecule has 0 spiro atoms. The van der Waals surface area contributed by atoms with Gasteiger partial charge < -0.3 is 15.0 Å². The van der Waals surface area contributed by atoms with Crippen LogP contribution in [0, 0.1) is 5.82 Å². The Bertz CT molecular complexity index is 1000. The number of ether oxygens (including phenoxy) is 1. The van der Waals surface area contributed by atoms with Crippen molar-refractivity contribution in [1.82, 2.24) is 9.62 Å². The van der Waals surface area contributed by atoms with Gasteiger partial charge in [0.2, 0.25) is 10.0 Å². The second kappa shape index (κ2) is 10.2. The van der Waals surface area contributed by atoms with Gasteiger partial charge in [-0.3, -0.25) is 4.79 Å². The van der Waals surface area contributed by atoms with Crippen LogP contribution in [0.25, 0.3) is 0 Å². The summed E-state index contributed by atoms with van der Waals surface area (Å²) in [4.78, 5) is 14.4. The summed E-state index contributed by atoms with van der Waals surface area (Å²) in [6.45, 7) is 1.44. The highest BCUT2D eigenvalue weighted by molar-refractivity contribution is 7.89. The van der Waals surface area contributed by atoms with E-state index in [-0.39, 0.29) is 23.5 Å². The average Bonchev–Trinajstić information content (AvgIpc) is 2.77. The van der Waals surface area contributed by atoms with Crippen molar-refractivity contribution in [3.05, 3.63) is 59.4 Å². The Morgan fingerprint density at radius 3 is 2.45 bits per heavy atom. The molecule has 1 N–H and O–H groups in total. The lowest BCUT2D eigenvalue weighted by Crippen LogP contribution is -2.40. The summed E-state index contributed by atoms with van der Waals surface area (Å²) in [5.74, 6) is -1.38. The number of carbonyl (C=O) groups is 1. The molecule has 0 saturated carbocycles. The first-order chi connectivity index (χ1) is 14.8. The Kier molecular flexibility index (Phi) is 7.64.